The van der Waals surface area contributed by atoms with Gasteiger partial charge >= 0.3 is 0 Å². The van der Waals surface area contributed by atoms with E-state index in [-0.39, 0.29) is 17.7 Å². The van der Waals surface area contributed by atoms with Gasteiger partial charge in [0.2, 0.25) is 5.91 Å². The molecule has 0 saturated carbocycles. The maximum atomic E-state index is 12.6. The van der Waals surface area contributed by atoms with Crippen LogP contribution in [0.2, 0.25) is 0 Å². The molecule has 0 aliphatic rings. The number of hydrogen-bond acceptors (Lipinski definition) is 4. The van der Waals surface area contributed by atoms with Crippen LogP contribution in [-0.2, 0) is 9.59 Å². The molecule has 1 amide bonds. The molecular formula is C24H47N3O2. The zero-order valence-corrected chi connectivity index (χ0v) is 19.3. The van der Waals surface area contributed by atoms with Crippen molar-refractivity contribution in [2.75, 3.05) is 6.54 Å². The van der Waals surface area contributed by atoms with E-state index in [1.807, 2.05) is 0 Å². The molecule has 0 aliphatic carbocycles. The van der Waals surface area contributed by atoms with Gasteiger partial charge in [0.15, 0.2) is 5.78 Å². The Morgan fingerprint density at radius 1 is 0.759 bits per heavy atom. The third-order valence-electron chi connectivity index (χ3n) is 5.40. The number of rotatable bonds is 22. The van der Waals surface area contributed by atoms with Crippen molar-refractivity contribution in [2.24, 2.45) is 5.10 Å². The first-order chi connectivity index (χ1) is 14.2. The molecule has 0 heterocycles. The lowest BCUT2D eigenvalue weighted by Crippen LogP contribution is -2.41. The molecule has 29 heavy (non-hydrogen) atoms. The quantitative estimate of drug-likeness (QED) is 0.132. The van der Waals surface area contributed by atoms with Gasteiger partial charge in [-0.05, 0) is 25.7 Å². The van der Waals surface area contributed by atoms with Crippen LogP contribution in [0.25, 0.3) is 0 Å². The highest BCUT2D eigenvalue weighted by atomic mass is 16.2. The summed E-state index contributed by atoms with van der Waals surface area (Å²) in [5.74, 6) is 0.197. The number of carbonyl (C=O) groups excluding carboxylic acids is 2. The van der Waals surface area contributed by atoms with Gasteiger partial charge < -0.3 is 10.7 Å². The van der Waals surface area contributed by atoms with Gasteiger partial charge in [0.05, 0.1) is 6.04 Å². The molecule has 1 unspecified atom stereocenters. The number of nitrogens with zero attached hydrogens (tertiary/aromatic N) is 1. The van der Waals surface area contributed by atoms with Crippen molar-refractivity contribution < 1.29 is 9.59 Å². The summed E-state index contributed by atoms with van der Waals surface area (Å²) < 4.78 is 0. The molecule has 0 aromatic heterocycles. The van der Waals surface area contributed by atoms with E-state index in [4.69, 9.17) is 0 Å². The first-order valence-electron chi connectivity index (χ1n) is 12.2. The topological polar surface area (TPSA) is 70.6 Å². The van der Waals surface area contributed by atoms with Crippen molar-refractivity contribution in [3.63, 3.8) is 0 Å². The number of nitrogens with one attached hydrogen (secondary N) is 2. The SMILES string of the molecule is C=NNCCCC(NC(=O)CCCCCCCCCCC)C(=O)CCCCCC. The number of Topliss-reactive ketones (excluding diaryl/α,β-unsaturated/α-hetero) is 1. The van der Waals surface area contributed by atoms with E-state index in [9.17, 15) is 9.59 Å². The zero-order valence-electron chi connectivity index (χ0n) is 19.3. The van der Waals surface area contributed by atoms with Crippen LogP contribution < -0.4 is 10.7 Å². The molecule has 0 spiro atoms. The van der Waals surface area contributed by atoms with Crippen molar-refractivity contribution in [2.45, 2.75) is 129 Å². The maximum absolute atomic E-state index is 12.6. The van der Waals surface area contributed by atoms with Crippen molar-refractivity contribution in [3.8, 4) is 0 Å². The van der Waals surface area contributed by atoms with Crippen LogP contribution in [0.5, 0.6) is 0 Å². The van der Waals surface area contributed by atoms with Crippen molar-refractivity contribution in [1.29, 1.82) is 0 Å². The minimum absolute atomic E-state index is 0.0228. The number of ketones is 1. The molecule has 0 bridgehead atoms. The summed E-state index contributed by atoms with van der Waals surface area (Å²) in [6.45, 7) is 8.48. The van der Waals surface area contributed by atoms with Gasteiger partial charge in [-0.3, -0.25) is 9.59 Å². The lowest BCUT2D eigenvalue weighted by atomic mass is 10.0. The van der Waals surface area contributed by atoms with E-state index < -0.39 is 0 Å². The van der Waals surface area contributed by atoms with Crippen molar-refractivity contribution >= 4 is 18.4 Å². The summed E-state index contributed by atoms with van der Waals surface area (Å²) in [6, 6.07) is -0.352. The van der Waals surface area contributed by atoms with E-state index in [0.717, 1.165) is 44.9 Å². The van der Waals surface area contributed by atoms with E-state index in [2.05, 4.69) is 36.4 Å². The molecule has 0 saturated heterocycles. The predicted octanol–water partition coefficient (Wildman–Crippen LogP) is 5.92. The summed E-state index contributed by atoms with van der Waals surface area (Å²) in [6.07, 6.45) is 18.0. The molecule has 0 radical (unpaired) electrons. The van der Waals surface area contributed by atoms with E-state index in [0.29, 0.717) is 25.8 Å². The van der Waals surface area contributed by atoms with Crippen LogP contribution in [0.1, 0.15) is 123 Å². The minimum Gasteiger partial charge on any atom is -0.346 e. The Kier molecular flexibility index (Phi) is 20.3. The highest BCUT2D eigenvalue weighted by molar-refractivity contribution is 5.88. The third kappa shape index (κ3) is 18.4. The van der Waals surface area contributed by atoms with Crippen molar-refractivity contribution in [1.82, 2.24) is 10.7 Å². The average Bonchev–Trinajstić information content (AvgIpc) is 2.72. The lowest BCUT2D eigenvalue weighted by Gasteiger charge is -2.18. The molecular weight excluding hydrogens is 362 g/mol. The molecule has 170 valence electrons. The first-order valence-corrected chi connectivity index (χ1v) is 12.2. The number of unbranched alkanes of at least 4 members (excludes halogenated alkanes) is 11. The number of hydrogen-bond donors (Lipinski definition) is 2. The highest BCUT2D eigenvalue weighted by Gasteiger charge is 2.19. The molecule has 0 aliphatic heterocycles. The Labute approximate surface area is 179 Å². The maximum Gasteiger partial charge on any atom is 0.220 e. The summed E-state index contributed by atoms with van der Waals surface area (Å²) in [7, 11) is 0. The van der Waals surface area contributed by atoms with Crippen LogP contribution in [0.4, 0.5) is 0 Å². The van der Waals surface area contributed by atoms with Crippen LogP contribution in [-0.4, -0.2) is 31.0 Å². The summed E-state index contributed by atoms with van der Waals surface area (Å²) in [4.78, 5) is 24.9. The molecule has 0 rings (SSSR count). The van der Waals surface area contributed by atoms with Crippen LogP contribution >= 0.6 is 0 Å². The van der Waals surface area contributed by atoms with Gasteiger partial charge in [-0.15, -0.1) is 0 Å². The standard InChI is InChI=1S/C24H47N3O2/c1-4-6-8-10-11-12-13-14-16-20-24(29)27-22(18-17-21-26-25-3)23(28)19-15-9-7-5-2/h22,26H,3-21H2,1-2H3,(H,27,29). The largest absolute Gasteiger partial charge is 0.346 e. The number of amides is 1. The van der Waals surface area contributed by atoms with Gasteiger partial charge in [-0.2, -0.15) is 5.10 Å². The Morgan fingerprint density at radius 2 is 1.28 bits per heavy atom. The molecule has 0 aromatic carbocycles. The Bertz CT molecular complexity index is 413. The van der Waals surface area contributed by atoms with Gasteiger partial charge in [0.25, 0.3) is 0 Å². The Morgan fingerprint density at radius 3 is 1.86 bits per heavy atom. The average molecular weight is 410 g/mol. The number of carbonyl (C=O) groups is 2. The molecule has 5 nitrogen and oxygen atoms in total. The molecule has 0 fully saturated rings. The molecule has 0 aromatic rings. The summed E-state index contributed by atoms with van der Waals surface area (Å²) in [5.41, 5.74) is 2.82. The Balaban J connectivity index is 4.06. The third-order valence-corrected chi connectivity index (χ3v) is 5.40. The molecule has 2 N–H and O–H groups in total. The predicted molar refractivity (Wildman–Crippen MR) is 124 cm³/mol. The Hall–Kier alpha value is -1.39. The summed E-state index contributed by atoms with van der Waals surface area (Å²) in [5, 5.41) is 6.62. The monoisotopic (exact) mass is 409 g/mol. The lowest BCUT2D eigenvalue weighted by molar-refractivity contribution is -0.128. The highest BCUT2D eigenvalue weighted by Crippen LogP contribution is 2.11. The van der Waals surface area contributed by atoms with Crippen molar-refractivity contribution in [3.05, 3.63) is 0 Å². The van der Waals surface area contributed by atoms with Crippen LogP contribution in [0.15, 0.2) is 5.10 Å². The fourth-order valence-electron chi connectivity index (χ4n) is 3.54. The minimum atomic E-state index is -0.352. The fraction of sp³-hybridized carbons (Fsp3) is 0.875. The smallest absolute Gasteiger partial charge is 0.220 e. The zero-order chi connectivity index (χ0) is 21.6. The second kappa shape index (κ2) is 21.3. The number of hydrazone groups is 1. The fourth-order valence-corrected chi connectivity index (χ4v) is 3.54. The second-order valence-corrected chi connectivity index (χ2v) is 8.18. The van der Waals surface area contributed by atoms with Crippen LogP contribution in [0.3, 0.4) is 0 Å². The summed E-state index contributed by atoms with van der Waals surface area (Å²) >= 11 is 0. The van der Waals surface area contributed by atoms with E-state index in [1.165, 1.54) is 44.9 Å². The van der Waals surface area contributed by atoms with Gasteiger partial charge in [0, 0.05) is 26.1 Å². The second-order valence-electron chi connectivity index (χ2n) is 8.18. The van der Waals surface area contributed by atoms with Gasteiger partial charge in [-0.25, -0.2) is 0 Å². The normalized spacial score (nSPS) is 11.8. The van der Waals surface area contributed by atoms with E-state index >= 15 is 0 Å². The molecule has 5 heteroatoms. The van der Waals surface area contributed by atoms with Crippen LogP contribution in [0, 0.1) is 0 Å². The van der Waals surface area contributed by atoms with Gasteiger partial charge in [0.1, 0.15) is 0 Å². The molecule has 1 atom stereocenters. The van der Waals surface area contributed by atoms with E-state index in [1.54, 1.807) is 0 Å². The first kappa shape index (κ1) is 27.6. The van der Waals surface area contributed by atoms with Gasteiger partial charge in [-0.1, -0.05) is 84.5 Å².